The highest BCUT2D eigenvalue weighted by molar-refractivity contribution is 7.15. The average Bonchev–Trinajstić information content (AvgIpc) is 3.05. The van der Waals surface area contributed by atoms with Gasteiger partial charge < -0.3 is 9.52 Å². The standard InChI is InChI=1S/C21H14ClNO4S/c1-11-2-4-12(5-3-11)19-17(10-18(24)25)28-20(23-19)15-9-13-8-14(22)6-7-16(13)27-21(15)26/h2-9H,10H2,1H3,(H,24,25). The number of hydrogen-bond donors (Lipinski definition) is 1. The Morgan fingerprint density at radius 2 is 1.93 bits per heavy atom. The van der Waals surface area contributed by atoms with Crippen molar-refractivity contribution in [1.29, 1.82) is 0 Å². The van der Waals surface area contributed by atoms with Crippen LogP contribution in [0.1, 0.15) is 10.4 Å². The molecule has 0 aliphatic heterocycles. The fourth-order valence-electron chi connectivity index (χ4n) is 2.90. The van der Waals surface area contributed by atoms with E-state index in [1.807, 2.05) is 31.2 Å². The maximum atomic E-state index is 12.5. The summed E-state index contributed by atoms with van der Waals surface area (Å²) in [6.45, 7) is 1.97. The maximum absolute atomic E-state index is 12.5. The molecule has 4 aromatic rings. The summed E-state index contributed by atoms with van der Waals surface area (Å²) in [5.74, 6) is -0.958. The first-order chi connectivity index (χ1) is 13.4. The van der Waals surface area contributed by atoms with Crippen LogP contribution in [0.3, 0.4) is 0 Å². The van der Waals surface area contributed by atoms with Gasteiger partial charge in [-0.05, 0) is 31.2 Å². The zero-order valence-electron chi connectivity index (χ0n) is 14.7. The molecule has 0 aliphatic carbocycles. The van der Waals surface area contributed by atoms with E-state index in [2.05, 4.69) is 4.98 Å². The quantitative estimate of drug-likeness (QED) is 0.468. The van der Waals surface area contributed by atoms with Gasteiger partial charge in [0.15, 0.2) is 0 Å². The first kappa shape index (κ1) is 18.4. The molecule has 140 valence electrons. The zero-order chi connectivity index (χ0) is 19.8. The third-order valence-corrected chi connectivity index (χ3v) is 5.58. The number of aliphatic carboxylic acids is 1. The molecule has 4 rings (SSSR count). The van der Waals surface area contributed by atoms with Gasteiger partial charge in [0.1, 0.15) is 10.6 Å². The van der Waals surface area contributed by atoms with Crippen molar-refractivity contribution in [3.8, 4) is 21.8 Å². The van der Waals surface area contributed by atoms with E-state index in [1.165, 1.54) is 11.3 Å². The van der Waals surface area contributed by atoms with E-state index < -0.39 is 11.6 Å². The van der Waals surface area contributed by atoms with Gasteiger partial charge in [-0.3, -0.25) is 4.79 Å². The van der Waals surface area contributed by atoms with Gasteiger partial charge in [0.25, 0.3) is 0 Å². The highest BCUT2D eigenvalue weighted by Crippen LogP contribution is 2.34. The Kier molecular flexibility index (Phi) is 4.75. The lowest BCUT2D eigenvalue weighted by molar-refractivity contribution is -0.136. The minimum absolute atomic E-state index is 0.175. The Morgan fingerprint density at radius 1 is 1.18 bits per heavy atom. The molecule has 2 aromatic carbocycles. The Bertz CT molecular complexity index is 1260. The molecular formula is C21H14ClNO4S. The fraction of sp³-hybridized carbons (Fsp3) is 0.0952. The SMILES string of the molecule is Cc1ccc(-c2nc(-c3cc4cc(Cl)ccc4oc3=O)sc2CC(=O)O)cc1. The van der Waals surface area contributed by atoms with Gasteiger partial charge in [-0.15, -0.1) is 11.3 Å². The number of benzene rings is 2. The number of aryl methyl sites for hydroxylation is 1. The van der Waals surface area contributed by atoms with Crippen LogP contribution < -0.4 is 5.63 Å². The number of hydrogen-bond acceptors (Lipinski definition) is 5. The molecular weight excluding hydrogens is 398 g/mol. The van der Waals surface area contributed by atoms with Crippen LogP contribution in [0.4, 0.5) is 0 Å². The number of carboxylic acid groups (broad SMARTS) is 1. The first-order valence-electron chi connectivity index (χ1n) is 8.43. The average molecular weight is 412 g/mol. The van der Waals surface area contributed by atoms with Crippen LogP contribution >= 0.6 is 22.9 Å². The normalized spacial score (nSPS) is 11.1. The number of rotatable bonds is 4. The summed E-state index contributed by atoms with van der Waals surface area (Å²) in [5, 5.41) is 10.9. The minimum atomic E-state index is -0.958. The Labute approximate surface area is 168 Å². The van der Waals surface area contributed by atoms with E-state index in [0.29, 0.717) is 31.6 Å². The summed E-state index contributed by atoms with van der Waals surface area (Å²) in [6.07, 6.45) is -0.175. The first-order valence-corrected chi connectivity index (χ1v) is 9.62. The van der Waals surface area contributed by atoms with Crippen molar-refractivity contribution in [3.05, 3.63) is 74.4 Å². The lowest BCUT2D eigenvalue weighted by atomic mass is 10.1. The maximum Gasteiger partial charge on any atom is 0.346 e. The molecule has 0 unspecified atom stereocenters. The molecule has 0 fully saturated rings. The van der Waals surface area contributed by atoms with Crippen molar-refractivity contribution >= 4 is 39.9 Å². The molecule has 0 bridgehead atoms. The Morgan fingerprint density at radius 3 is 2.64 bits per heavy atom. The summed E-state index contributed by atoms with van der Waals surface area (Å²) in [5.41, 5.74) is 2.64. The predicted molar refractivity (Wildman–Crippen MR) is 110 cm³/mol. The van der Waals surface area contributed by atoms with Crippen molar-refractivity contribution in [1.82, 2.24) is 4.98 Å². The molecule has 0 atom stereocenters. The van der Waals surface area contributed by atoms with Crippen LogP contribution in [-0.4, -0.2) is 16.1 Å². The van der Waals surface area contributed by atoms with Crippen molar-refractivity contribution in [2.24, 2.45) is 0 Å². The summed E-state index contributed by atoms with van der Waals surface area (Å²) < 4.78 is 5.39. The second kappa shape index (κ2) is 7.22. The highest BCUT2D eigenvalue weighted by atomic mass is 35.5. The molecule has 0 saturated carbocycles. The molecule has 2 aromatic heterocycles. The van der Waals surface area contributed by atoms with Crippen LogP contribution in [0, 0.1) is 6.92 Å². The number of halogens is 1. The summed E-state index contributed by atoms with van der Waals surface area (Å²) >= 11 is 7.22. The topological polar surface area (TPSA) is 80.4 Å². The third-order valence-electron chi connectivity index (χ3n) is 4.26. The van der Waals surface area contributed by atoms with Gasteiger partial charge in [0.2, 0.25) is 0 Å². The molecule has 28 heavy (non-hydrogen) atoms. The smallest absolute Gasteiger partial charge is 0.346 e. The van der Waals surface area contributed by atoms with Crippen LogP contribution in [0.5, 0.6) is 0 Å². The summed E-state index contributed by atoms with van der Waals surface area (Å²) in [6, 6.07) is 14.3. The largest absolute Gasteiger partial charge is 0.481 e. The summed E-state index contributed by atoms with van der Waals surface area (Å²) in [7, 11) is 0. The van der Waals surface area contributed by atoms with Crippen LogP contribution in [-0.2, 0) is 11.2 Å². The van der Waals surface area contributed by atoms with Crippen molar-refractivity contribution in [2.45, 2.75) is 13.3 Å². The highest BCUT2D eigenvalue weighted by Gasteiger charge is 2.19. The van der Waals surface area contributed by atoms with E-state index in [0.717, 1.165) is 11.1 Å². The predicted octanol–water partition coefficient (Wildman–Crippen LogP) is 5.17. The van der Waals surface area contributed by atoms with Crippen LogP contribution in [0.2, 0.25) is 5.02 Å². The lowest BCUT2D eigenvalue weighted by Gasteiger charge is -2.01. The molecule has 0 amide bonds. The van der Waals surface area contributed by atoms with E-state index in [9.17, 15) is 14.7 Å². The second-order valence-corrected chi connectivity index (χ2v) is 7.88. The van der Waals surface area contributed by atoms with Crippen LogP contribution in [0.15, 0.2) is 57.7 Å². The fourth-order valence-corrected chi connectivity index (χ4v) is 4.16. The lowest BCUT2D eigenvalue weighted by Crippen LogP contribution is -2.02. The van der Waals surface area contributed by atoms with Crippen molar-refractivity contribution < 1.29 is 14.3 Å². The molecule has 0 radical (unpaired) electrons. The number of nitrogens with zero attached hydrogens (tertiary/aromatic N) is 1. The third kappa shape index (κ3) is 3.56. The van der Waals surface area contributed by atoms with Crippen molar-refractivity contribution in [2.75, 3.05) is 0 Å². The monoisotopic (exact) mass is 411 g/mol. The molecule has 0 spiro atoms. The van der Waals surface area contributed by atoms with Gasteiger partial charge in [0.05, 0.1) is 17.7 Å². The molecule has 2 heterocycles. The second-order valence-electron chi connectivity index (χ2n) is 6.36. The Balaban J connectivity index is 1.89. The molecule has 1 N–H and O–H groups in total. The molecule has 0 saturated heterocycles. The van der Waals surface area contributed by atoms with Gasteiger partial charge in [-0.25, -0.2) is 9.78 Å². The van der Waals surface area contributed by atoms with E-state index in [-0.39, 0.29) is 12.0 Å². The van der Waals surface area contributed by atoms with Crippen molar-refractivity contribution in [3.63, 3.8) is 0 Å². The molecule has 0 aliphatic rings. The van der Waals surface area contributed by atoms with E-state index in [4.69, 9.17) is 16.0 Å². The number of aromatic nitrogens is 1. The number of carboxylic acids is 1. The number of carbonyl (C=O) groups is 1. The van der Waals surface area contributed by atoms with Crippen LogP contribution in [0.25, 0.3) is 32.8 Å². The van der Waals surface area contributed by atoms with Gasteiger partial charge in [-0.1, -0.05) is 41.4 Å². The molecule has 7 heteroatoms. The summed E-state index contributed by atoms with van der Waals surface area (Å²) in [4.78, 5) is 29.0. The zero-order valence-corrected chi connectivity index (χ0v) is 16.3. The number of thiazole rings is 1. The van der Waals surface area contributed by atoms with E-state index in [1.54, 1.807) is 24.3 Å². The minimum Gasteiger partial charge on any atom is -0.481 e. The van der Waals surface area contributed by atoms with Gasteiger partial charge in [-0.2, -0.15) is 0 Å². The van der Waals surface area contributed by atoms with E-state index >= 15 is 0 Å². The molecule has 5 nitrogen and oxygen atoms in total. The number of fused-ring (bicyclic) bond motifs is 1. The van der Waals surface area contributed by atoms with Gasteiger partial charge in [0, 0.05) is 20.8 Å². The van der Waals surface area contributed by atoms with Gasteiger partial charge >= 0.3 is 11.6 Å². The Hall–Kier alpha value is -2.96.